The Kier molecular flexibility index (Phi) is 5.60. The molecule has 2 aromatic carbocycles. The molecule has 1 amide bonds. The highest BCUT2D eigenvalue weighted by atomic mass is 35.5. The van der Waals surface area contributed by atoms with Gasteiger partial charge in [0.25, 0.3) is 0 Å². The molecule has 0 N–H and O–H groups in total. The molecule has 4 aromatic rings. The summed E-state index contributed by atoms with van der Waals surface area (Å²) in [6.45, 7) is 4.41. The number of aromatic nitrogens is 2. The van der Waals surface area contributed by atoms with Crippen LogP contribution in [0.15, 0.2) is 60.9 Å². The molecule has 0 aliphatic carbocycles. The Morgan fingerprint density at radius 1 is 1.07 bits per heavy atom. The van der Waals surface area contributed by atoms with Crippen LogP contribution in [0.5, 0.6) is 0 Å². The van der Waals surface area contributed by atoms with E-state index in [-0.39, 0.29) is 5.91 Å². The zero-order valence-corrected chi connectivity index (χ0v) is 17.8. The van der Waals surface area contributed by atoms with Crippen LogP contribution in [0.25, 0.3) is 10.2 Å². The molecule has 0 aliphatic rings. The van der Waals surface area contributed by atoms with Gasteiger partial charge in [0.15, 0.2) is 5.13 Å². The van der Waals surface area contributed by atoms with Gasteiger partial charge in [0.1, 0.15) is 0 Å². The third-order valence-electron chi connectivity index (χ3n) is 4.81. The van der Waals surface area contributed by atoms with E-state index in [9.17, 15) is 4.79 Å². The fraction of sp³-hybridized carbons (Fsp3) is 0.174. The highest BCUT2D eigenvalue weighted by molar-refractivity contribution is 7.22. The molecule has 0 saturated carbocycles. The molecule has 0 atom stereocenters. The Bertz CT molecular complexity index is 1160. The lowest BCUT2D eigenvalue weighted by Crippen LogP contribution is -2.31. The molecule has 6 heteroatoms. The maximum atomic E-state index is 13.3. The molecule has 4 nitrogen and oxygen atoms in total. The molecule has 2 aromatic heterocycles. The van der Waals surface area contributed by atoms with Gasteiger partial charge in [-0.05, 0) is 48.7 Å². The van der Waals surface area contributed by atoms with Crippen molar-refractivity contribution >= 4 is 44.2 Å². The summed E-state index contributed by atoms with van der Waals surface area (Å²) in [5.41, 5.74) is 4.89. The van der Waals surface area contributed by atoms with Crippen molar-refractivity contribution in [3.05, 3.63) is 88.2 Å². The van der Waals surface area contributed by atoms with Crippen LogP contribution < -0.4 is 4.90 Å². The zero-order chi connectivity index (χ0) is 20.4. The van der Waals surface area contributed by atoms with Gasteiger partial charge in [-0.1, -0.05) is 58.8 Å². The first-order valence-corrected chi connectivity index (χ1v) is 10.5. The Labute approximate surface area is 178 Å². The number of rotatable bonds is 5. The second-order valence-electron chi connectivity index (χ2n) is 7.02. The highest BCUT2D eigenvalue weighted by Crippen LogP contribution is 2.34. The van der Waals surface area contributed by atoms with Crippen LogP contribution >= 0.6 is 22.9 Å². The SMILES string of the molecule is Cc1ccc(CC(=O)N(Cc2cccnc2)c2nc3c(C)c(Cl)ccc3s2)cc1. The quantitative estimate of drug-likeness (QED) is 0.413. The van der Waals surface area contributed by atoms with E-state index in [2.05, 4.69) is 4.98 Å². The Balaban J connectivity index is 1.70. The van der Waals surface area contributed by atoms with Crippen molar-refractivity contribution < 1.29 is 4.79 Å². The number of hydrogen-bond donors (Lipinski definition) is 0. The minimum Gasteiger partial charge on any atom is -0.283 e. The topological polar surface area (TPSA) is 46.1 Å². The number of fused-ring (bicyclic) bond motifs is 1. The van der Waals surface area contributed by atoms with Crippen molar-refractivity contribution in [2.75, 3.05) is 4.90 Å². The van der Waals surface area contributed by atoms with Crippen LogP contribution in [0.3, 0.4) is 0 Å². The van der Waals surface area contributed by atoms with E-state index in [4.69, 9.17) is 16.6 Å². The van der Waals surface area contributed by atoms with Gasteiger partial charge < -0.3 is 0 Å². The van der Waals surface area contributed by atoms with Gasteiger partial charge in [-0.3, -0.25) is 14.7 Å². The lowest BCUT2D eigenvalue weighted by Gasteiger charge is -2.20. The maximum absolute atomic E-state index is 13.3. The van der Waals surface area contributed by atoms with Crippen molar-refractivity contribution in [3.63, 3.8) is 0 Å². The molecule has 0 bridgehead atoms. The molecule has 0 aliphatic heterocycles. The maximum Gasteiger partial charge on any atom is 0.233 e. The summed E-state index contributed by atoms with van der Waals surface area (Å²) < 4.78 is 1.02. The smallest absolute Gasteiger partial charge is 0.233 e. The van der Waals surface area contributed by atoms with Gasteiger partial charge >= 0.3 is 0 Å². The molecular formula is C23H20ClN3OS. The first kappa shape index (κ1) is 19.6. The normalized spacial score (nSPS) is 11.0. The largest absolute Gasteiger partial charge is 0.283 e. The Morgan fingerprint density at radius 3 is 2.59 bits per heavy atom. The van der Waals surface area contributed by atoms with Crippen molar-refractivity contribution in [2.24, 2.45) is 0 Å². The van der Waals surface area contributed by atoms with Crippen LogP contribution in [0.1, 0.15) is 22.3 Å². The molecule has 4 rings (SSSR count). The van der Waals surface area contributed by atoms with Crippen molar-refractivity contribution in [1.29, 1.82) is 0 Å². The van der Waals surface area contributed by atoms with Gasteiger partial charge in [0.2, 0.25) is 5.91 Å². The molecular weight excluding hydrogens is 402 g/mol. The standard InChI is InChI=1S/C23H20ClN3OS/c1-15-5-7-17(8-6-15)12-21(28)27(14-18-4-3-11-25-13-18)23-26-22-16(2)19(24)9-10-20(22)29-23/h3-11,13H,12,14H2,1-2H3. The van der Waals surface area contributed by atoms with Crippen molar-refractivity contribution in [2.45, 2.75) is 26.8 Å². The summed E-state index contributed by atoms with van der Waals surface area (Å²) in [6, 6.07) is 15.7. The average Bonchev–Trinajstić information content (AvgIpc) is 3.16. The highest BCUT2D eigenvalue weighted by Gasteiger charge is 2.21. The van der Waals surface area contributed by atoms with E-state index in [1.165, 1.54) is 16.9 Å². The third kappa shape index (κ3) is 4.31. The summed E-state index contributed by atoms with van der Waals surface area (Å²) in [7, 11) is 0. The Hall–Kier alpha value is -2.76. The minimum atomic E-state index is 0.000474. The van der Waals surface area contributed by atoms with E-state index in [1.54, 1.807) is 17.3 Å². The second kappa shape index (κ2) is 8.31. The van der Waals surface area contributed by atoms with Gasteiger partial charge in [0, 0.05) is 17.4 Å². The number of benzene rings is 2. The number of carbonyl (C=O) groups is 1. The predicted octanol–water partition coefficient (Wildman–Crippen LogP) is 5.74. The number of nitrogens with zero attached hydrogens (tertiary/aromatic N) is 3. The summed E-state index contributed by atoms with van der Waals surface area (Å²) >= 11 is 7.77. The fourth-order valence-electron chi connectivity index (χ4n) is 3.12. The van der Waals surface area contributed by atoms with E-state index in [0.29, 0.717) is 23.1 Å². The van der Waals surface area contributed by atoms with E-state index < -0.39 is 0 Å². The van der Waals surface area contributed by atoms with Gasteiger partial charge in [-0.2, -0.15) is 0 Å². The third-order valence-corrected chi connectivity index (χ3v) is 6.26. The number of aryl methyl sites for hydroxylation is 2. The van der Waals surface area contributed by atoms with Crippen molar-refractivity contribution in [3.8, 4) is 0 Å². The summed E-state index contributed by atoms with van der Waals surface area (Å²) in [4.78, 5) is 24.0. The van der Waals surface area contributed by atoms with E-state index >= 15 is 0 Å². The molecule has 2 heterocycles. The lowest BCUT2D eigenvalue weighted by atomic mass is 10.1. The summed E-state index contributed by atoms with van der Waals surface area (Å²) in [5, 5.41) is 1.35. The first-order valence-electron chi connectivity index (χ1n) is 9.32. The monoisotopic (exact) mass is 421 g/mol. The number of thiazole rings is 1. The number of hydrogen-bond acceptors (Lipinski definition) is 4. The van der Waals surface area contributed by atoms with Gasteiger partial charge in [-0.15, -0.1) is 0 Å². The fourth-order valence-corrected chi connectivity index (χ4v) is 4.31. The Morgan fingerprint density at radius 2 is 1.86 bits per heavy atom. The lowest BCUT2D eigenvalue weighted by molar-refractivity contribution is -0.118. The predicted molar refractivity (Wildman–Crippen MR) is 120 cm³/mol. The number of carbonyl (C=O) groups excluding carboxylic acids is 1. The van der Waals surface area contributed by atoms with E-state index in [1.807, 2.05) is 62.4 Å². The summed E-state index contributed by atoms with van der Waals surface area (Å²) in [6.07, 6.45) is 3.82. The van der Waals surface area contributed by atoms with Crippen LogP contribution in [0, 0.1) is 13.8 Å². The number of pyridine rings is 1. The average molecular weight is 422 g/mol. The molecule has 0 saturated heterocycles. The second-order valence-corrected chi connectivity index (χ2v) is 8.44. The molecule has 0 fully saturated rings. The van der Waals surface area contributed by atoms with Gasteiger partial charge in [-0.25, -0.2) is 4.98 Å². The minimum absolute atomic E-state index is 0.000474. The van der Waals surface area contributed by atoms with Crippen LogP contribution in [0.2, 0.25) is 5.02 Å². The molecule has 0 radical (unpaired) electrons. The van der Waals surface area contributed by atoms with Crippen LogP contribution in [-0.2, 0) is 17.8 Å². The number of amides is 1. The number of halogens is 1. The summed E-state index contributed by atoms with van der Waals surface area (Å²) in [5.74, 6) is 0.000474. The molecule has 0 unspecified atom stereocenters. The first-order chi connectivity index (χ1) is 14.0. The molecule has 29 heavy (non-hydrogen) atoms. The molecule has 146 valence electrons. The number of anilines is 1. The van der Waals surface area contributed by atoms with E-state index in [0.717, 1.165) is 26.9 Å². The molecule has 0 spiro atoms. The zero-order valence-electron chi connectivity index (χ0n) is 16.2. The van der Waals surface area contributed by atoms with Crippen LogP contribution in [-0.4, -0.2) is 15.9 Å². The van der Waals surface area contributed by atoms with Crippen LogP contribution in [0.4, 0.5) is 5.13 Å². The van der Waals surface area contributed by atoms with Gasteiger partial charge in [0.05, 0.1) is 23.2 Å². The van der Waals surface area contributed by atoms with Crippen molar-refractivity contribution in [1.82, 2.24) is 9.97 Å².